The zero-order valence-corrected chi connectivity index (χ0v) is 10.7. The molecule has 0 heterocycles. The minimum Gasteiger partial charge on any atom is -0.319 e. The first-order valence-electron chi connectivity index (χ1n) is 6.44. The van der Waals surface area contributed by atoms with E-state index in [1.807, 2.05) is 7.05 Å². The third-order valence-electron chi connectivity index (χ3n) is 4.01. The predicted octanol–water partition coefficient (Wildman–Crippen LogP) is 3.14. The third kappa shape index (κ3) is 2.15. The molecule has 1 saturated carbocycles. The van der Waals surface area contributed by atoms with Crippen LogP contribution in [0.15, 0.2) is 24.3 Å². The molecule has 1 nitrogen and oxygen atoms in total. The lowest BCUT2D eigenvalue weighted by Gasteiger charge is -2.12. The SMILES string of the molecule is CCCc1ccc(C2(C)CC2CNC)cc1. The Morgan fingerprint density at radius 2 is 2.00 bits per heavy atom. The second-order valence-electron chi connectivity index (χ2n) is 5.32. The van der Waals surface area contributed by atoms with Crippen LogP contribution in [-0.2, 0) is 11.8 Å². The van der Waals surface area contributed by atoms with Crippen molar-refractivity contribution in [1.29, 1.82) is 0 Å². The fourth-order valence-corrected chi connectivity index (χ4v) is 2.69. The van der Waals surface area contributed by atoms with Crippen LogP contribution in [0, 0.1) is 5.92 Å². The molecule has 16 heavy (non-hydrogen) atoms. The van der Waals surface area contributed by atoms with Crippen molar-refractivity contribution in [2.45, 2.75) is 38.5 Å². The Hall–Kier alpha value is -0.820. The van der Waals surface area contributed by atoms with Crippen LogP contribution in [0.2, 0.25) is 0 Å². The summed E-state index contributed by atoms with van der Waals surface area (Å²) >= 11 is 0. The highest BCUT2D eigenvalue weighted by atomic mass is 14.8. The molecule has 1 fully saturated rings. The minimum atomic E-state index is 0.438. The molecule has 1 aromatic carbocycles. The summed E-state index contributed by atoms with van der Waals surface area (Å²) in [6.07, 6.45) is 3.77. The van der Waals surface area contributed by atoms with E-state index in [2.05, 4.69) is 43.4 Å². The lowest BCUT2D eigenvalue weighted by molar-refractivity contribution is 0.617. The van der Waals surface area contributed by atoms with Crippen molar-refractivity contribution in [2.24, 2.45) is 5.92 Å². The fourth-order valence-electron chi connectivity index (χ4n) is 2.69. The molecule has 1 aliphatic carbocycles. The molecule has 1 heteroatoms. The average molecular weight is 217 g/mol. The van der Waals surface area contributed by atoms with Crippen molar-refractivity contribution >= 4 is 0 Å². The summed E-state index contributed by atoms with van der Waals surface area (Å²) < 4.78 is 0. The Labute approximate surface area is 99.3 Å². The van der Waals surface area contributed by atoms with Gasteiger partial charge in [0.1, 0.15) is 0 Å². The van der Waals surface area contributed by atoms with Crippen LogP contribution in [0.5, 0.6) is 0 Å². The third-order valence-corrected chi connectivity index (χ3v) is 4.01. The van der Waals surface area contributed by atoms with Crippen LogP contribution in [0.4, 0.5) is 0 Å². The van der Waals surface area contributed by atoms with Gasteiger partial charge in [-0.15, -0.1) is 0 Å². The highest BCUT2D eigenvalue weighted by Gasteiger charge is 2.50. The zero-order valence-electron chi connectivity index (χ0n) is 10.7. The molecule has 88 valence electrons. The number of benzene rings is 1. The average Bonchev–Trinajstić information content (AvgIpc) is 2.93. The maximum absolute atomic E-state index is 3.29. The highest BCUT2D eigenvalue weighted by molar-refractivity contribution is 5.35. The number of rotatable bonds is 5. The predicted molar refractivity (Wildman–Crippen MR) is 69.8 cm³/mol. The molecule has 2 atom stereocenters. The Kier molecular flexibility index (Phi) is 3.34. The van der Waals surface area contributed by atoms with E-state index in [4.69, 9.17) is 0 Å². The first-order valence-corrected chi connectivity index (χ1v) is 6.44. The number of aryl methyl sites for hydroxylation is 1. The zero-order chi connectivity index (χ0) is 11.6. The topological polar surface area (TPSA) is 12.0 Å². The molecule has 2 unspecified atom stereocenters. The number of hydrogen-bond acceptors (Lipinski definition) is 1. The molecular formula is C15H23N. The molecule has 0 saturated heterocycles. The van der Waals surface area contributed by atoms with Crippen molar-refractivity contribution in [3.63, 3.8) is 0 Å². The van der Waals surface area contributed by atoms with Crippen molar-refractivity contribution < 1.29 is 0 Å². The van der Waals surface area contributed by atoms with Gasteiger partial charge in [0.2, 0.25) is 0 Å². The smallest absolute Gasteiger partial charge is 0.00148 e. The van der Waals surface area contributed by atoms with Crippen LogP contribution in [0.3, 0.4) is 0 Å². The van der Waals surface area contributed by atoms with Crippen LogP contribution >= 0.6 is 0 Å². The summed E-state index contributed by atoms with van der Waals surface area (Å²) in [5.41, 5.74) is 3.43. The molecule has 0 amide bonds. The van der Waals surface area contributed by atoms with E-state index in [9.17, 15) is 0 Å². The summed E-state index contributed by atoms with van der Waals surface area (Å²) in [4.78, 5) is 0. The first-order chi connectivity index (χ1) is 7.70. The molecule has 1 aromatic rings. The van der Waals surface area contributed by atoms with Crippen molar-refractivity contribution in [1.82, 2.24) is 5.32 Å². The minimum absolute atomic E-state index is 0.438. The largest absolute Gasteiger partial charge is 0.319 e. The van der Waals surface area contributed by atoms with Gasteiger partial charge in [-0.05, 0) is 48.9 Å². The summed E-state index contributed by atoms with van der Waals surface area (Å²) in [7, 11) is 2.04. The first kappa shape index (κ1) is 11.7. The standard InChI is InChI=1S/C15H23N/c1-4-5-12-6-8-13(9-7-12)15(2)10-14(15)11-16-3/h6-9,14,16H,4-5,10-11H2,1-3H3. The van der Waals surface area contributed by atoms with Gasteiger partial charge in [0, 0.05) is 0 Å². The summed E-state index contributed by atoms with van der Waals surface area (Å²) in [5, 5.41) is 3.29. The van der Waals surface area contributed by atoms with E-state index in [1.165, 1.54) is 30.4 Å². The molecule has 2 rings (SSSR count). The van der Waals surface area contributed by atoms with Gasteiger partial charge < -0.3 is 5.32 Å². The second kappa shape index (κ2) is 4.58. The van der Waals surface area contributed by atoms with E-state index in [0.717, 1.165) is 12.5 Å². The van der Waals surface area contributed by atoms with Gasteiger partial charge in [0.05, 0.1) is 0 Å². The van der Waals surface area contributed by atoms with Gasteiger partial charge in [0.25, 0.3) is 0 Å². The molecular weight excluding hydrogens is 194 g/mol. The van der Waals surface area contributed by atoms with E-state index in [1.54, 1.807) is 0 Å². The van der Waals surface area contributed by atoms with Crippen LogP contribution in [-0.4, -0.2) is 13.6 Å². The van der Waals surface area contributed by atoms with Gasteiger partial charge in [-0.2, -0.15) is 0 Å². The Balaban J connectivity index is 2.05. The molecule has 0 aliphatic heterocycles. The Morgan fingerprint density at radius 1 is 1.31 bits per heavy atom. The van der Waals surface area contributed by atoms with E-state index >= 15 is 0 Å². The molecule has 0 aromatic heterocycles. The van der Waals surface area contributed by atoms with Crippen molar-refractivity contribution in [3.05, 3.63) is 35.4 Å². The molecule has 0 radical (unpaired) electrons. The monoisotopic (exact) mass is 217 g/mol. The molecule has 1 aliphatic rings. The van der Waals surface area contributed by atoms with Gasteiger partial charge >= 0.3 is 0 Å². The lowest BCUT2D eigenvalue weighted by atomic mass is 9.94. The second-order valence-corrected chi connectivity index (χ2v) is 5.32. The number of hydrogen-bond donors (Lipinski definition) is 1. The van der Waals surface area contributed by atoms with Gasteiger partial charge in [-0.3, -0.25) is 0 Å². The molecule has 1 N–H and O–H groups in total. The van der Waals surface area contributed by atoms with Crippen molar-refractivity contribution in [2.75, 3.05) is 13.6 Å². The summed E-state index contributed by atoms with van der Waals surface area (Å²) in [6, 6.07) is 9.28. The van der Waals surface area contributed by atoms with Crippen LogP contribution < -0.4 is 5.32 Å². The van der Waals surface area contributed by atoms with E-state index in [-0.39, 0.29) is 0 Å². The van der Waals surface area contributed by atoms with Gasteiger partial charge in [-0.25, -0.2) is 0 Å². The normalized spacial score (nSPS) is 28.1. The van der Waals surface area contributed by atoms with Gasteiger partial charge in [0.15, 0.2) is 0 Å². The van der Waals surface area contributed by atoms with E-state index < -0.39 is 0 Å². The Bertz CT molecular complexity index is 341. The molecule has 0 spiro atoms. The van der Waals surface area contributed by atoms with Crippen LogP contribution in [0.1, 0.15) is 37.8 Å². The van der Waals surface area contributed by atoms with Crippen LogP contribution in [0.25, 0.3) is 0 Å². The van der Waals surface area contributed by atoms with Crippen molar-refractivity contribution in [3.8, 4) is 0 Å². The summed E-state index contributed by atoms with van der Waals surface area (Å²) in [6.45, 7) is 5.77. The highest BCUT2D eigenvalue weighted by Crippen LogP contribution is 2.53. The lowest BCUT2D eigenvalue weighted by Crippen LogP contribution is -2.15. The van der Waals surface area contributed by atoms with E-state index in [0.29, 0.717) is 5.41 Å². The quantitative estimate of drug-likeness (QED) is 0.799. The van der Waals surface area contributed by atoms with Gasteiger partial charge in [-0.1, -0.05) is 44.5 Å². The fraction of sp³-hybridized carbons (Fsp3) is 0.600. The summed E-state index contributed by atoms with van der Waals surface area (Å²) in [5.74, 6) is 0.828. The maximum atomic E-state index is 3.29. The molecule has 0 bridgehead atoms. The maximum Gasteiger partial charge on any atom is -0.00148 e. The number of nitrogens with one attached hydrogen (secondary N) is 1. The Morgan fingerprint density at radius 3 is 2.56 bits per heavy atom.